The summed E-state index contributed by atoms with van der Waals surface area (Å²) in [6.45, 7) is 4.46. The molecule has 3 rings (SSSR count). The van der Waals surface area contributed by atoms with Crippen molar-refractivity contribution in [2.75, 3.05) is 17.4 Å². The van der Waals surface area contributed by atoms with Crippen LogP contribution in [0.25, 0.3) is 0 Å². The van der Waals surface area contributed by atoms with Crippen molar-refractivity contribution in [1.82, 2.24) is 10.2 Å². The third-order valence-corrected chi connectivity index (χ3v) is 8.22. The number of hydrogen-bond acceptors (Lipinski definition) is 4. The molecule has 1 atom stereocenters. The molecule has 0 heterocycles. The van der Waals surface area contributed by atoms with Gasteiger partial charge in [0.05, 0.1) is 21.2 Å². The number of alkyl halides is 3. The topological polar surface area (TPSA) is 86.8 Å². The van der Waals surface area contributed by atoms with E-state index in [4.69, 9.17) is 11.6 Å². The maximum atomic E-state index is 13.8. The second-order valence-electron chi connectivity index (χ2n) is 9.07. The number of anilines is 1. The van der Waals surface area contributed by atoms with Gasteiger partial charge in [-0.2, -0.15) is 13.2 Å². The fraction of sp³-hybridized carbons (Fsp3) is 0.286. The Morgan fingerprint density at radius 2 is 1.68 bits per heavy atom. The molecule has 0 aromatic heterocycles. The Hall–Kier alpha value is -3.57. The first-order valence-corrected chi connectivity index (χ1v) is 14.1. The van der Waals surface area contributed by atoms with E-state index in [2.05, 4.69) is 5.32 Å². The fourth-order valence-electron chi connectivity index (χ4n) is 4.05. The highest BCUT2D eigenvalue weighted by Crippen LogP contribution is 2.38. The van der Waals surface area contributed by atoms with E-state index in [1.165, 1.54) is 36.1 Å². The van der Waals surface area contributed by atoms with E-state index in [-0.39, 0.29) is 11.4 Å². The summed E-state index contributed by atoms with van der Waals surface area (Å²) in [7, 11) is -4.52. The van der Waals surface area contributed by atoms with E-state index >= 15 is 0 Å². The summed E-state index contributed by atoms with van der Waals surface area (Å²) < 4.78 is 69.0. The molecule has 0 fully saturated rings. The fourth-order valence-corrected chi connectivity index (χ4v) is 5.70. The van der Waals surface area contributed by atoms with Crippen molar-refractivity contribution in [2.45, 2.75) is 44.4 Å². The van der Waals surface area contributed by atoms with E-state index in [0.717, 1.165) is 17.7 Å². The van der Waals surface area contributed by atoms with E-state index in [0.29, 0.717) is 22.5 Å². The van der Waals surface area contributed by atoms with Crippen LogP contribution >= 0.6 is 11.6 Å². The summed E-state index contributed by atoms with van der Waals surface area (Å²) in [5.74, 6) is -1.25. The number of aryl methyl sites for hydroxylation is 1. The van der Waals surface area contributed by atoms with E-state index < -0.39 is 56.9 Å². The first-order valence-electron chi connectivity index (χ1n) is 12.3. The minimum Gasteiger partial charge on any atom is -0.355 e. The molecular formula is C28H29ClF3N3O4S. The molecule has 7 nitrogen and oxygen atoms in total. The lowest BCUT2D eigenvalue weighted by Crippen LogP contribution is -2.51. The van der Waals surface area contributed by atoms with Crippen LogP contribution in [0.5, 0.6) is 0 Å². The molecule has 0 spiro atoms. The van der Waals surface area contributed by atoms with Gasteiger partial charge >= 0.3 is 6.18 Å². The Bertz CT molecular complexity index is 1470. The number of carbonyl (C=O) groups is 2. The van der Waals surface area contributed by atoms with Crippen molar-refractivity contribution in [1.29, 1.82) is 0 Å². The first kappa shape index (κ1) is 31.0. The van der Waals surface area contributed by atoms with E-state index in [9.17, 15) is 31.2 Å². The molecule has 0 bridgehead atoms. The van der Waals surface area contributed by atoms with Crippen LogP contribution in [0.1, 0.15) is 30.5 Å². The quantitative estimate of drug-likeness (QED) is 0.339. The highest BCUT2D eigenvalue weighted by Gasteiger charge is 2.36. The highest BCUT2D eigenvalue weighted by molar-refractivity contribution is 7.92. The SMILES string of the molecule is CCNC(=O)[C@H](C)N(Cc1cccc(C)c1)C(=O)CN(c1ccc(Cl)c(C(F)(F)F)c1)S(=O)(=O)c1ccccc1. The number of amides is 2. The van der Waals surface area contributed by atoms with Gasteiger partial charge in [0.25, 0.3) is 10.0 Å². The molecule has 12 heteroatoms. The number of rotatable bonds is 10. The van der Waals surface area contributed by atoms with Gasteiger partial charge in [-0.15, -0.1) is 0 Å². The van der Waals surface area contributed by atoms with Crippen LogP contribution in [0.2, 0.25) is 5.02 Å². The van der Waals surface area contributed by atoms with Crippen LogP contribution in [0.3, 0.4) is 0 Å². The lowest BCUT2D eigenvalue weighted by Gasteiger charge is -2.32. The molecule has 1 N–H and O–H groups in total. The summed E-state index contributed by atoms with van der Waals surface area (Å²) in [6.07, 6.45) is -4.87. The van der Waals surface area contributed by atoms with Gasteiger partial charge in [0.2, 0.25) is 11.8 Å². The van der Waals surface area contributed by atoms with Crippen molar-refractivity contribution in [2.24, 2.45) is 0 Å². The lowest BCUT2D eigenvalue weighted by molar-refractivity contribution is -0.139. The molecule has 0 unspecified atom stereocenters. The molecule has 3 aromatic rings. The standard InChI is InChI=1S/C28H29ClF3N3O4S/c1-4-33-27(37)20(3)34(17-21-10-8-9-19(2)15-21)26(36)18-35(40(38,39)23-11-6-5-7-12-23)22-13-14-25(29)24(16-22)28(30,31)32/h5-16,20H,4,17-18H2,1-3H3,(H,33,37)/t20-/m0/s1. The molecule has 0 saturated heterocycles. The number of sulfonamides is 1. The van der Waals surface area contributed by atoms with Gasteiger partial charge < -0.3 is 10.2 Å². The molecular weight excluding hydrogens is 567 g/mol. The largest absolute Gasteiger partial charge is 0.417 e. The van der Waals surface area contributed by atoms with Crippen molar-refractivity contribution >= 4 is 39.1 Å². The second-order valence-corrected chi connectivity index (χ2v) is 11.3. The van der Waals surface area contributed by atoms with Gasteiger partial charge in [-0.1, -0.05) is 59.6 Å². The number of benzene rings is 3. The molecule has 214 valence electrons. The number of carbonyl (C=O) groups excluding carboxylic acids is 2. The van der Waals surface area contributed by atoms with Crippen LogP contribution < -0.4 is 9.62 Å². The normalized spacial score (nSPS) is 12.5. The smallest absolute Gasteiger partial charge is 0.355 e. The van der Waals surface area contributed by atoms with Crippen LogP contribution in [0.4, 0.5) is 18.9 Å². The van der Waals surface area contributed by atoms with E-state index in [1.54, 1.807) is 25.1 Å². The van der Waals surface area contributed by atoms with Gasteiger partial charge in [-0.25, -0.2) is 8.42 Å². The van der Waals surface area contributed by atoms with Crippen LogP contribution in [0, 0.1) is 6.92 Å². The van der Waals surface area contributed by atoms with Crippen LogP contribution in [-0.4, -0.2) is 44.3 Å². The third kappa shape index (κ3) is 7.33. The van der Waals surface area contributed by atoms with Crippen LogP contribution in [-0.2, 0) is 32.3 Å². The molecule has 0 radical (unpaired) electrons. The Balaban J connectivity index is 2.11. The summed E-state index contributed by atoms with van der Waals surface area (Å²) in [4.78, 5) is 27.5. The maximum absolute atomic E-state index is 13.8. The van der Waals surface area contributed by atoms with Crippen LogP contribution in [0.15, 0.2) is 77.7 Å². The Labute approximate surface area is 236 Å². The molecule has 2 amide bonds. The highest BCUT2D eigenvalue weighted by atomic mass is 35.5. The van der Waals surface area contributed by atoms with Gasteiger partial charge in [-0.3, -0.25) is 13.9 Å². The molecule has 0 aliphatic rings. The van der Waals surface area contributed by atoms with Gasteiger partial charge in [0.1, 0.15) is 12.6 Å². The second kappa shape index (κ2) is 12.7. The minimum atomic E-state index is -4.87. The zero-order valence-electron chi connectivity index (χ0n) is 22.1. The van der Waals surface area contributed by atoms with Crippen molar-refractivity contribution < 1.29 is 31.2 Å². The van der Waals surface area contributed by atoms with E-state index in [1.807, 2.05) is 19.1 Å². The Kier molecular flexibility index (Phi) is 9.86. The van der Waals surface area contributed by atoms with Crippen molar-refractivity contribution in [3.8, 4) is 0 Å². The number of halogens is 4. The molecule has 0 saturated carbocycles. The predicted octanol–water partition coefficient (Wildman–Crippen LogP) is 5.42. The summed E-state index contributed by atoms with van der Waals surface area (Å²) in [5, 5.41) is 2.03. The molecule has 3 aromatic carbocycles. The monoisotopic (exact) mass is 595 g/mol. The van der Waals surface area contributed by atoms with Crippen molar-refractivity contribution in [3.63, 3.8) is 0 Å². The number of hydrogen-bond donors (Lipinski definition) is 1. The maximum Gasteiger partial charge on any atom is 0.417 e. The molecule has 0 aliphatic carbocycles. The minimum absolute atomic E-state index is 0.0353. The molecule has 40 heavy (non-hydrogen) atoms. The number of nitrogens with zero attached hydrogens (tertiary/aromatic N) is 2. The predicted molar refractivity (Wildman–Crippen MR) is 147 cm³/mol. The average molecular weight is 596 g/mol. The Morgan fingerprint density at radius 3 is 2.27 bits per heavy atom. The Morgan fingerprint density at radius 1 is 1.00 bits per heavy atom. The lowest BCUT2D eigenvalue weighted by atomic mass is 10.1. The summed E-state index contributed by atoms with van der Waals surface area (Å²) >= 11 is 5.77. The third-order valence-electron chi connectivity index (χ3n) is 6.11. The van der Waals surface area contributed by atoms with Gasteiger partial charge in [-0.05, 0) is 56.7 Å². The summed E-state index contributed by atoms with van der Waals surface area (Å²) in [6, 6.07) is 15.9. The first-order chi connectivity index (χ1) is 18.8. The summed E-state index contributed by atoms with van der Waals surface area (Å²) in [5.41, 5.74) is -0.0627. The van der Waals surface area contributed by atoms with Gasteiger partial charge in [0, 0.05) is 13.1 Å². The number of likely N-dealkylation sites (N-methyl/N-ethyl adjacent to an activating group) is 1. The zero-order chi connectivity index (χ0) is 29.7. The van der Waals surface area contributed by atoms with Gasteiger partial charge in [0.15, 0.2) is 0 Å². The van der Waals surface area contributed by atoms with Crippen molar-refractivity contribution in [3.05, 3.63) is 94.5 Å². The average Bonchev–Trinajstić information content (AvgIpc) is 2.90. The number of nitrogens with one attached hydrogen (secondary N) is 1. The zero-order valence-corrected chi connectivity index (χ0v) is 23.6. The molecule has 0 aliphatic heterocycles.